The summed E-state index contributed by atoms with van der Waals surface area (Å²) in [6.45, 7) is 4.30. The maximum atomic E-state index is 13.8. The first kappa shape index (κ1) is 28.0. The number of hydrogen-bond donors (Lipinski definition) is 1. The van der Waals surface area contributed by atoms with Gasteiger partial charge in [0, 0.05) is 30.5 Å². The van der Waals surface area contributed by atoms with Crippen LogP contribution in [0, 0.1) is 0 Å². The topological polar surface area (TPSA) is 84.7 Å². The minimum atomic E-state index is -4.60. The number of hydrogen-bond acceptors (Lipinski definition) is 5. The second-order valence-corrected chi connectivity index (χ2v) is 12.0. The Morgan fingerprint density at radius 3 is 2.23 bits per heavy atom. The number of ether oxygens (including phenoxy) is 1. The molecule has 0 aliphatic carbocycles. The quantitative estimate of drug-likeness (QED) is 0.332. The van der Waals surface area contributed by atoms with Crippen molar-refractivity contribution in [3.05, 3.63) is 90.3 Å². The highest BCUT2D eigenvalue weighted by Gasteiger charge is 2.35. The molecule has 0 radical (unpaired) electrons. The summed E-state index contributed by atoms with van der Waals surface area (Å²) in [6.07, 6.45) is -3.08. The van der Waals surface area contributed by atoms with Gasteiger partial charge in [0.2, 0.25) is 10.0 Å². The van der Waals surface area contributed by atoms with Crippen LogP contribution in [0.1, 0.15) is 25.1 Å². The molecule has 0 unspecified atom stereocenters. The van der Waals surface area contributed by atoms with E-state index in [-0.39, 0.29) is 22.0 Å². The fraction of sp³-hybridized carbons (Fsp3) is 0.276. The molecule has 1 fully saturated rings. The first-order chi connectivity index (χ1) is 18.9. The number of morpholine rings is 1. The number of rotatable bonds is 6. The molecule has 0 atom stereocenters. The Balaban J connectivity index is 1.54. The SMILES string of the molecule is CC(C)(O)c1cn(-c2ccc(-c3cccc(S(=O)(=O)N4CCOCC4)c3)cc2)c(-c2ccccc2C(F)(F)F)n1. The number of sulfonamides is 1. The predicted octanol–water partition coefficient (Wildman–Crippen LogP) is 5.47. The van der Waals surface area contributed by atoms with Gasteiger partial charge in [-0.25, -0.2) is 13.4 Å². The van der Waals surface area contributed by atoms with E-state index in [1.54, 1.807) is 48.5 Å². The van der Waals surface area contributed by atoms with Gasteiger partial charge in [0.1, 0.15) is 11.4 Å². The van der Waals surface area contributed by atoms with Crippen molar-refractivity contribution in [2.75, 3.05) is 26.3 Å². The van der Waals surface area contributed by atoms with Gasteiger partial charge in [0.15, 0.2) is 0 Å². The van der Waals surface area contributed by atoms with Gasteiger partial charge in [0.25, 0.3) is 0 Å². The Kier molecular flexibility index (Phi) is 7.34. The van der Waals surface area contributed by atoms with Gasteiger partial charge in [-0.15, -0.1) is 0 Å². The van der Waals surface area contributed by atoms with Crippen LogP contribution in [-0.4, -0.2) is 53.7 Å². The van der Waals surface area contributed by atoms with E-state index in [4.69, 9.17) is 4.74 Å². The molecule has 1 aliphatic rings. The molecule has 0 amide bonds. The smallest absolute Gasteiger partial charge is 0.384 e. The molecule has 4 aromatic rings. The normalized spacial score (nSPS) is 15.3. The van der Waals surface area contributed by atoms with Crippen molar-refractivity contribution in [1.82, 2.24) is 13.9 Å². The van der Waals surface area contributed by atoms with E-state index in [1.165, 1.54) is 47.1 Å². The number of aromatic nitrogens is 2. The van der Waals surface area contributed by atoms with Crippen LogP contribution in [0.3, 0.4) is 0 Å². The molecule has 0 bridgehead atoms. The molecule has 40 heavy (non-hydrogen) atoms. The zero-order chi connectivity index (χ0) is 28.7. The summed E-state index contributed by atoms with van der Waals surface area (Å²) < 4.78 is 76.0. The summed E-state index contributed by atoms with van der Waals surface area (Å²) in [5.74, 6) is 0.0383. The third-order valence-corrected chi connectivity index (χ3v) is 8.62. The molecular weight excluding hydrogens is 543 g/mol. The molecule has 1 aromatic heterocycles. The molecule has 0 saturated carbocycles. The summed E-state index contributed by atoms with van der Waals surface area (Å²) in [6, 6.07) is 18.8. The summed E-state index contributed by atoms with van der Waals surface area (Å²) in [4.78, 5) is 4.57. The van der Waals surface area contributed by atoms with E-state index in [0.29, 0.717) is 37.6 Å². The van der Waals surface area contributed by atoms with Crippen LogP contribution in [0.5, 0.6) is 0 Å². The molecule has 1 saturated heterocycles. The monoisotopic (exact) mass is 571 g/mol. The maximum Gasteiger partial charge on any atom is 0.417 e. The number of aliphatic hydroxyl groups is 1. The summed E-state index contributed by atoms with van der Waals surface area (Å²) in [7, 11) is -3.68. The van der Waals surface area contributed by atoms with Crippen LogP contribution in [0.4, 0.5) is 13.2 Å². The van der Waals surface area contributed by atoms with E-state index in [9.17, 15) is 26.7 Å². The second kappa shape index (κ2) is 10.5. The van der Waals surface area contributed by atoms with Crippen LogP contribution >= 0.6 is 0 Å². The molecule has 7 nitrogen and oxygen atoms in total. The Morgan fingerprint density at radius 2 is 1.57 bits per heavy atom. The highest BCUT2D eigenvalue weighted by Crippen LogP contribution is 2.38. The van der Waals surface area contributed by atoms with E-state index in [0.717, 1.165) is 11.6 Å². The van der Waals surface area contributed by atoms with Crippen LogP contribution in [0.15, 0.2) is 83.9 Å². The highest BCUT2D eigenvalue weighted by atomic mass is 32.2. The minimum Gasteiger partial charge on any atom is -0.384 e. The number of benzene rings is 3. The van der Waals surface area contributed by atoms with Crippen LogP contribution < -0.4 is 0 Å². The summed E-state index contributed by atoms with van der Waals surface area (Å²) in [5, 5.41) is 10.6. The third kappa shape index (κ3) is 5.55. The van der Waals surface area contributed by atoms with Gasteiger partial charge < -0.3 is 9.84 Å². The van der Waals surface area contributed by atoms with Gasteiger partial charge in [-0.05, 0) is 55.3 Å². The highest BCUT2D eigenvalue weighted by molar-refractivity contribution is 7.89. The van der Waals surface area contributed by atoms with Crippen molar-refractivity contribution in [3.8, 4) is 28.2 Å². The average Bonchev–Trinajstić information content (AvgIpc) is 3.40. The fourth-order valence-electron chi connectivity index (χ4n) is 4.57. The van der Waals surface area contributed by atoms with Crippen molar-refractivity contribution in [2.24, 2.45) is 0 Å². The molecule has 0 spiro atoms. The lowest BCUT2D eigenvalue weighted by Gasteiger charge is -2.26. The van der Waals surface area contributed by atoms with Crippen LogP contribution in [0.2, 0.25) is 0 Å². The minimum absolute atomic E-state index is 0.0383. The lowest BCUT2D eigenvalue weighted by molar-refractivity contribution is -0.137. The average molecular weight is 572 g/mol. The number of alkyl halides is 3. The van der Waals surface area contributed by atoms with Crippen LogP contribution in [-0.2, 0) is 26.5 Å². The Bertz CT molecular complexity index is 1620. The first-order valence-electron chi connectivity index (χ1n) is 12.6. The predicted molar refractivity (Wildman–Crippen MR) is 144 cm³/mol. The number of imidazole rings is 1. The van der Waals surface area contributed by atoms with Gasteiger partial charge in [0.05, 0.1) is 29.4 Å². The molecule has 3 aromatic carbocycles. The van der Waals surface area contributed by atoms with Gasteiger partial charge in [-0.3, -0.25) is 4.57 Å². The summed E-state index contributed by atoms with van der Waals surface area (Å²) in [5.41, 5.74) is -0.205. The Hall–Kier alpha value is -3.51. The molecule has 5 rings (SSSR count). The fourth-order valence-corrected chi connectivity index (χ4v) is 6.03. The number of nitrogens with zero attached hydrogens (tertiary/aromatic N) is 3. The molecule has 1 aliphatic heterocycles. The van der Waals surface area contributed by atoms with Crippen molar-refractivity contribution in [1.29, 1.82) is 0 Å². The van der Waals surface area contributed by atoms with Crippen LogP contribution in [0.25, 0.3) is 28.2 Å². The Labute approximate surface area is 230 Å². The van der Waals surface area contributed by atoms with Crippen molar-refractivity contribution in [3.63, 3.8) is 0 Å². The zero-order valence-corrected chi connectivity index (χ0v) is 22.7. The van der Waals surface area contributed by atoms with Crippen molar-refractivity contribution in [2.45, 2.75) is 30.5 Å². The van der Waals surface area contributed by atoms with Gasteiger partial charge in [-0.2, -0.15) is 17.5 Å². The molecule has 210 valence electrons. The lowest BCUT2D eigenvalue weighted by atomic mass is 10.0. The molecule has 1 N–H and O–H groups in total. The molecule has 2 heterocycles. The van der Waals surface area contributed by atoms with E-state index in [1.807, 2.05) is 0 Å². The number of halogens is 3. The first-order valence-corrected chi connectivity index (χ1v) is 14.1. The zero-order valence-electron chi connectivity index (χ0n) is 21.9. The Morgan fingerprint density at radius 1 is 0.900 bits per heavy atom. The van der Waals surface area contributed by atoms with Gasteiger partial charge in [-0.1, -0.05) is 42.5 Å². The maximum absolute atomic E-state index is 13.8. The second-order valence-electron chi connectivity index (χ2n) is 10.0. The van der Waals surface area contributed by atoms with E-state index in [2.05, 4.69) is 4.98 Å². The standard InChI is InChI=1S/C29H28F3N3O4S/c1-28(2,36)26-19-35(27(33-26)24-8-3-4-9-25(24)29(30,31)32)22-12-10-20(11-13-22)21-6-5-7-23(18-21)40(37,38)34-14-16-39-17-15-34/h3-13,18-19,36H,14-17H2,1-2H3. The lowest BCUT2D eigenvalue weighted by Crippen LogP contribution is -2.40. The van der Waals surface area contributed by atoms with E-state index < -0.39 is 27.4 Å². The molecular formula is C29H28F3N3O4S. The van der Waals surface area contributed by atoms with Crippen molar-refractivity contribution < 1.29 is 31.4 Å². The largest absolute Gasteiger partial charge is 0.417 e. The summed E-state index contributed by atoms with van der Waals surface area (Å²) >= 11 is 0. The van der Waals surface area contributed by atoms with E-state index >= 15 is 0 Å². The molecule has 11 heteroatoms. The van der Waals surface area contributed by atoms with Crippen molar-refractivity contribution >= 4 is 10.0 Å². The van der Waals surface area contributed by atoms with Gasteiger partial charge >= 0.3 is 6.18 Å². The third-order valence-electron chi connectivity index (χ3n) is 6.73.